The van der Waals surface area contributed by atoms with Crippen molar-refractivity contribution in [3.8, 4) is 5.75 Å². The van der Waals surface area contributed by atoms with Crippen LogP contribution in [0.2, 0.25) is 0 Å². The van der Waals surface area contributed by atoms with Gasteiger partial charge in [0.1, 0.15) is 5.75 Å². The number of ether oxygens (including phenoxy) is 1. The van der Waals surface area contributed by atoms with Gasteiger partial charge in [0.25, 0.3) is 0 Å². The van der Waals surface area contributed by atoms with Crippen LogP contribution in [-0.2, 0) is 19.6 Å². The molecule has 2 aromatic carbocycles. The predicted octanol–water partition coefficient (Wildman–Crippen LogP) is 5.02. The largest absolute Gasteiger partial charge is 0.497 e. The molecular formula is C24H28N2O. The maximum absolute atomic E-state index is 5.39. The van der Waals surface area contributed by atoms with Crippen molar-refractivity contribution in [2.24, 2.45) is 0 Å². The number of hydrogen-bond acceptors (Lipinski definition) is 2. The number of benzene rings is 2. The molecule has 0 spiro atoms. The summed E-state index contributed by atoms with van der Waals surface area (Å²) >= 11 is 0. The van der Waals surface area contributed by atoms with E-state index >= 15 is 0 Å². The van der Waals surface area contributed by atoms with Gasteiger partial charge in [-0.3, -0.25) is 4.90 Å². The molecule has 4 rings (SSSR count). The first-order valence-electron chi connectivity index (χ1n) is 9.78. The van der Waals surface area contributed by atoms with E-state index in [2.05, 4.69) is 77.2 Å². The molecule has 3 aromatic rings. The van der Waals surface area contributed by atoms with Crippen molar-refractivity contribution in [2.45, 2.75) is 45.4 Å². The quantitative estimate of drug-likeness (QED) is 0.561. The van der Waals surface area contributed by atoms with E-state index in [0.29, 0.717) is 6.04 Å². The highest BCUT2D eigenvalue weighted by molar-refractivity contribution is 5.28. The lowest BCUT2D eigenvalue weighted by molar-refractivity contribution is 0.239. The van der Waals surface area contributed by atoms with Crippen LogP contribution in [0.15, 0.2) is 66.9 Å². The van der Waals surface area contributed by atoms with Crippen LogP contribution >= 0.6 is 0 Å². The number of rotatable bonds is 8. The van der Waals surface area contributed by atoms with E-state index in [1.807, 2.05) is 6.07 Å². The maximum Gasteiger partial charge on any atom is 0.119 e. The maximum atomic E-state index is 5.39. The predicted molar refractivity (Wildman–Crippen MR) is 110 cm³/mol. The highest BCUT2D eigenvalue weighted by Gasteiger charge is 2.29. The van der Waals surface area contributed by atoms with Gasteiger partial charge < -0.3 is 9.30 Å². The molecule has 0 saturated heterocycles. The normalized spacial score (nSPS) is 13.9. The second-order valence-electron chi connectivity index (χ2n) is 7.60. The van der Waals surface area contributed by atoms with E-state index < -0.39 is 0 Å². The van der Waals surface area contributed by atoms with E-state index in [1.54, 1.807) is 7.11 Å². The van der Waals surface area contributed by atoms with Crippen LogP contribution in [0, 0.1) is 6.92 Å². The summed E-state index contributed by atoms with van der Waals surface area (Å²) in [6, 6.07) is 22.4. The fraction of sp³-hybridized carbons (Fsp3) is 0.333. The molecule has 0 unspecified atom stereocenters. The van der Waals surface area contributed by atoms with Gasteiger partial charge in [-0.2, -0.15) is 0 Å². The highest BCUT2D eigenvalue weighted by Crippen LogP contribution is 2.30. The van der Waals surface area contributed by atoms with Crippen LogP contribution in [0.5, 0.6) is 5.75 Å². The second kappa shape index (κ2) is 8.01. The summed E-state index contributed by atoms with van der Waals surface area (Å²) in [6.07, 6.45) is 4.82. The van der Waals surface area contributed by atoms with Crippen LogP contribution in [-0.4, -0.2) is 22.6 Å². The molecule has 140 valence electrons. The van der Waals surface area contributed by atoms with Crippen molar-refractivity contribution in [3.63, 3.8) is 0 Å². The summed E-state index contributed by atoms with van der Waals surface area (Å²) < 4.78 is 7.77. The lowest BCUT2D eigenvalue weighted by Gasteiger charge is -2.23. The number of nitrogens with zero attached hydrogens (tertiary/aromatic N) is 2. The lowest BCUT2D eigenvalue weighted by Crippen LogP contribution is -2.26. The van der Waals surface area contributed by atoms with Crippen LogP contribution in [0.1, 0.15) is 35.2 Å². The van der Waals surface area contributed by atoms with E-state index in [-0.39, 0.29) is 0 Å². The Balaban J connectivity index is 1.48. The Bertz CT molecular complexity index is 877. The molecule has 0 atom stereocenters. The van der Waals surface area contributed by atoms with Crippen LogP contribution < -0.4 is 4.74 Å². The third-order valence-corrected chi connectivity index (χ3v) is 5.35. The first kappa shape index (κ1) is 17.9. The second-order valence-corrected chi connectivity index (χ2v) is 7.60. The fourth-order valence-electron chi connectivity index (χ4n) is 3.60. The molecule has 1 saturated carbocycles. The van der Waals surface area contributed by atoms with Crippen LogP contribution in [0.25, 0.3) is 0 Å². The van der Waals surface area contributed by atoms with E-state index in [0.717, 1.165) is 25.4 Å². The molecule has 0 N–H and O–H groups in total. The molecule has 3 nitrogen and oxygen atoms in total. The molecule has 0 amide bonds. The zero-order valence-electron chi connectivity index (χ0n) is 16.3. The zero-order chi connectivity index (χ0) is 18.6. The Labute approximate surface area is 162 Å². The molecule has 1 heterocycles. The van der Waals surface area contributed by atoms with E-state index in [4.69, 9.17) is 4.74 Å². The number of aromatic nitrogens is 1. The highest BCUT2D eigenvalue weighted by atomic mass is 16.5. The van der Waals surface area contributed by atoms with Gasteiger partial charge >= 0.3 is 0 Å². The Hall–Kier alpha value is -2.52. The molecule has 0 aliphatic heterocycles. The third kappa shape index (κ3) is 4.61. The summed E-state index contributed by atoms with van der Waals surface area (Å²) in [4.78, 5) is 2.61. The molecule has 1 aliphatic rings. The zero-order valence-corrected chi connectivity index (χ0v) is 16.3. The van der Waals surface area contributed by atoms with Gasteiger partial charge in [0.2, 0.25) is 0 Å². The van der Waals surface area contributed by atoms with Crippen molar-refractivity contribution in [1.29, 1.82) is 0 Å². The minimum absolute atomic E-state index is 0.707. The van der Waals surface area contributed by atoms with Crippen LogP contribution in [0.4, 0.5) is 0 Å². The van der Waals surface area contributed by atoms with Gasteiger partial charge in [0, 0.05) is 37.6 Å². The van der Waals surface area contributed by atoms with E-state index in [9.17, 15) is 0 Å². The van der Waals surface area contributed by atoms with Crippen molar-refractivity contribution in [2.75, 3.05) is 7.11 Å². The average Bonchev–Trinajstić information content (AvgIpc) is 3.45. The summed E-state index contributed by atoms with van der Waals surface area (Å²) in [5, 5.41) is 0. The summed E-state index contributed by atoms with van der Waals surface area (Å²) in [6.45, 7) is 5.02. The molecular weight excluding hydrogens is 332 g/mol. The Morgan fingerprint density at radius 2 is 1.78 bits per heavy atom. The molecule has 3 heteroatoms. The Morgan fingerprint density at radius 3 is 2.52 bits per heavy atom. The average molecular weight is 361 g/mol. The minimum Gasteiger partial charge on any atom is -0.497 e. The van der Waals surface area contributed by atoms with Crippen molar-refractivity contribution >= 4 is 0 Å². The number of hydrogen-bond donors (Lipinski definition) is 0. The Morgan fingerprint density at radius 1 is 0.963 bits per heavy atom. The molecule has 0 radical (unpaired) electrons. The van der Waals surface area contributed by atoms with Gasteiger partial charge in [-0.15, -0.1) is 0 Å². The number of aryl methyl sites for hydroxylation is 1. The van der Waals surface area contributed by atoms with Gasteiger partial charge in [0.15, 0.2) is 0 Å². The number of methoxy groups -OCH3 is 1. The molecule has 1 aliphatic carbocycles. The standard InChI is InChI=1S/C24H28N2O/c1-19-8-10-20(11-9-19)16-25-14-4-6-23(25)18-26(22-12-13-22)17-21-5-3-7-24(15-21)27-2/h3-11,14-15,22H,12-13,16-18H2,1-2H3. The summed E-state index contributed by atoms with van der Waals surface area (Å²) in [5.41, 5.74) is 5.36. The lowest BCUT2D eigenvalue weighted by atomic mass is 10.1. The first-order valence-corrected chi connectivity index (χ1v) is 9.78. The summed E-state index contributed by atoms with van der Waals surface area (Å²) in [7, 11) is 1.73. The van der Waals surface area contributed by atoms with Gasteiger partial charge in [-0.1, -0.05) is 42.0 Å². The Kier molecular flexibility index (Phi) is 5.30. The van der Waals surface area contributed by atoms with Gasteiger partial charge in [0.05, 0.1) is 7.11 Å². The molecule has 1 aromatic heterocycles. The van der Waals surface area contributed by atoms with E-state index in [1.165, 1.54) is 35.2 Å². The van der Waals surface area contributed by atoms with Crippen LogP contribution in [0.3, 0.4) is 0 Å². The molecule has 0 bridgehead atoms. The van der Waals surface area contributed by atoms with Crippen molar-refractivity contribution in [3.05, 3.63) is 89.2 Å². The minimum atomic E-state index is 0.707. The van der Waals surface area contributed by atoms with Crippen molar-refractivity contribution in [1.82, 2.24) is 9.47 Å². The topological polar surface area (TPSA) is 17.4 Å². The molecule has 1 fully saturated rings. The molecule has 27 heavy (non-hydrogen) atoms. The summed E-state index contributed by atoms with van der Waals surface area (Å²) in [5.74, 6) is 0.936. The SMILES string of the molecule is COc1cccc(CN(Cc2cccn2Cc2ccc(C)cc2)C2CC2)c1. The van der Waals surface area contributed by atoms with Gasteiger partial charge in [-0.05, 0) is 55.2 Å². The third-order valence-electron chi connectivity index (χ3n) is 5.35. The monoisotopic (exact) mass is 360 g/mol. The van der Waals surface area contributed by atoms with Crippen molar-refractivity contribution < 1.29 is 4.74 Å². The fourth-order valence-corrected chi connectivity index (χ4v) is 3.60. The first-order chi connectivity index (χ1) is 13.2. The van der Waals surface area contributed by atoms with Gasteiger partial charge in [-0.25, -0.2) is 0 Å². The smallest absolute Gasteiger partial charge is 0.119 e.